The Kier molecular flexibility index (Phi) is 6.59. The molecule has 0 heterocycles. The summed E-state index contributed by atoms with van der Waals surface area (Å²) in [6, 6.07) is -0.459. The third-order valence-corrected chi connectivity index (χ3v) is 4.00. The van der Waals surface area contributed by atoms with Crippen LogP contribution in [0.5, 0.6) is 0 Å². The maximum absolute atomic E-state index is 10.9. The third-order valence-electron chi connectivity index (χ3n) is 2.58. The molecule has 0 radical (unpaired) electrons. The van der Waals surface area contributed by atoms with Crippen molar-refractivity contribution in [3.05, 3.63) is 0 Å². The van der Waals surface area contributed by atoms with E-state index >= 15 is 0 Å². The van der Waals surface area contributed by atoms with Crippen LogP contribution < -0.4 is 0 Å². The molecule has 1 fully saturated rings. The molecule has 8 heteroatoms. The first-order valence-corrected chi connectivity index (χ1v) is 6.11. The number of carbonyl (C=O) groups is 1. The van der Waals surface area contributed by atoms with Gasteiger partial charge in [0, 0.05) is 0 Å². The molecule has 0 aromatic rings. The van der Waals surface area contributed by atoms with Gasteiger partial charge in [-0.05, 0) is 19.3 Å². The number of hydrogen-bond acceptors (Lipinski definition) is 3. The van der Waals surface area contributed by atoms with E-state index in [9.17, 15) is 9.36 Å². The number of rotatable bonds is 3. The topological polar surface area (TPSA) is 98.1 Å². The van der Waals surface area contributed by atoms with Crippen LogP contribution in [0.2, 0.25) is 0 Å². The van der Waals surface area contributed by atoms with E-state index < -0.39 is 19.3 Å². The van der Waals surface area contributed by atoms with Crippen molar-refractivity contribution in [1.29, 1.82) is 0 Å². The standard InChI is InChI=1S/C7H14NO5P.Na.H/c9-5-8(10)6-2-1-3-7(4-6)14(11,12)13;;/h5-7,10H,1-4H2,(H2,11,12,13);;. The average molecular weight is 247 g/mol. The molecule has 0 bridgehead atoms. The molecule has 1 aliphatic carbocycles. The first kappa shape index (κ1) is 15.6. The number of hydroxylamine groups is 2. The Labute approximate surface area is 110 Å². The van der Waals surface area contributed by atoms with Crippen LogP contribution in [0.1, 0.15) is 25.7 Å². The van der Waals surface area contributed by atoms with Crippen molar-refractivity contribution in [3.8, 4) is 0 Å². The fourth-order valence-electron chi connectivity index (χ4n) is 1.77. The zero-order valence-corrected chi connectivity index (χ0v) is 8.51. The molecule has 84 valence electrons. The second kappa shape index (κ2) is 6.35. The molecule has 1 amide bonds. The summed E-state index contributed by atoms with van der Waals surface area (Å²) in [4.78, 5) is 28.1. The van der Waals surface area contributed by atoms with Crippen molar-refractivity contribution in [1.82, 2.24) is 5.06 Å². The second-order valence-electron chi connectivity index (χ2n) is 3.55. The van der Waals surface area contributed by atoms with Gasteiger partial charge in [-0.15, -0.1) is 0 Å². The molecule has 3 N–H and O–H groups in total. The van der Waals surface area contributed by atoms with E-state index in [0.29, 0.717) is 24.3 Å². The van der Waals surface area contributed by atoms with Crippen LogP contribution in [-0.2, 0) is 9.36 Å². The second-order valence-corrected chi connectivity index (χ2v) is 5.46. The summed E-state index contributed by atoms with van der Waals surface area (Å²) < 4.78 is 10.9. The average Bonchev–Trinajstić information content (AvgIpc) is 2.15. The molecule has 0 aromatic heterocycles. The van der Waals surface area contributed by atoms with Gasteiger partial charge in [-0.25, -0.2) is 5.06 Å². The predicted molar refractivity (Wildman–Crippen MR) is 54.9 cm³/mol. The van der Waals surface area contributed by atoms with E-state index in [2.05, 4.69) is 0 Å². The van der Waals surface area contributed by atoms with Crippen LogP contribution in [0.4, 0.5) is 0 Å². The molecule has 0 saturated heterocycles. The van der Waals surface area contributed by atoms with Gasteiger partial charge in [0.05, 0.1) is 11.7 Å². The number of hydrogen-bond donors (Lipinski definition) is 3. The first-order valence-electron chi connectivity index (χ1n) is 4.43. The molecule has 15 heavy (non-hydrogen) atoms. The van der Waals surface area contributed by atoms with Gasteiger partial charge in [-0.1, -0.05) is 6.42 Å². The van der Waals surface area contributed by atoms with Crippen LogP contribution in [0, 0.1) is 0 Å². The Morgan fingerprint density at radius 3 is 2.40 bits per heavy atom. The van der Waals surface area contributed by atoms with Crippen molar-refractivity contribution < 1.29 is 24.4 Å². The molecule has 0 aliphatic heterocycles. The minimum atomic E-state index is -4.08. The van der Waals surface area contributed by atoms with Gasteiger partial charge >= 0.3 is 37.2 Å². The van der Waals surface area contributed by atoms with Gasteiger partial charge in [0.2, 0.25) is 6.41 Å². The fourth-order valence-corrected chi connectivity index (χ4v) is 2.81. The summed E-state index contributed by atoms with van der Waals surface area (Å²) in [6.07, 6.45) is 2.09. The van der Waals surface area contributed by atoms with Crippen LogP contribution >= 0.6 is 7.60 Å². The predicted octanol–water partition coefficient (Wildman–Crippen LogP) is -0.326. The van der Waals surface area contributed by atoms with E-state index in [1.54, 1.807) is 0 Å². The first-order chi connectivity index (χ1) is 6.45. The minimum absolute atomic E-state index is 0. The summed E-state index contributed by atoms with van der Waals surface area (Å²) in [5, 5.41) is 9.58. The molecule has 0 aromatic carbocycles. The summed E-state index contributed by atoms with van der Waals surface area (Å²) >= 11 is 0. The van der Waals surface area contributed by atoms with Crippen LogP contribution in [0.25, 0.3) is 0 Å². The van der Waals surface area contributed by atoms with E-state index in [1.807, 2.05) is 0 Å². The van der Waals surface area contributed by atoms with Crippen LogP contribution in [0.15, 0.2) is 0 Å². The SMILES string of the molecule is O=CN(O)C1CCCC(P(=O)(O)O)C1.[NaH]. The number of amides is 1. The van der Waals surface area contributed by atoms with Crippen molar-refractivity contribution in [2.75, 3.05) is 0 Å². The van der Waals surface area contributed by atoms with Gasteiger partial charge in [0.15, 0.2) is 0 Å². The van der Waals surface area contributed by atoms with Crippen LogP contribution in [0.3, 0.4) is 0 Å². The summed E-state index contributed by atoms with van der Waals surface area (Å²) in [5.41, 5.74) is -0.726. The van der Waals surface area contributed by atoms with E-state index in [1.165, 1.54) is 0 Å². The summed E-state index contributed by atoms with van der Waals surface area (Å²) in [5.74, 6) is 0. The van der Waals surface area contributed by atoms with Gasteiger partial charge in [-0.2, -0.15) is 0 Å². The van der Waals surface area contributed by atoms with Gasteiger partial charge < -0.3 is 9.79 Å². The molecule has 6 nitrogen and oxygen atoms in total. The third kappa shape index (κ3) is 4.53. The Morgan fingerprint density at radius 2 is 1.93 bits per heavy atom. The zero-order valence-electron chi connectivity index (χ0n) is 7.61. The van der Waals surface area contributed by atoms with Gasteiger partial charge in [-0.3, -0.25) is 14.6 Å². The van der Waals surface area contributed by atoms with E-state index in [0.717, 1.165) is 0 Å². The van der Waals surface area contributed by atoms with Crippen molar-refractivity contribution in [3.63, 3.8) is 0 Å². The Balaban J connectivity index is 0.00000196. The molecule has 0 spiro atoms. The van der Waals surface area contributed by atoms with Gasteiger partial charge in [0.1, 0.15) is 0 Å². The maximum atomic E-state index is 10.9. The molecule has 1 aliphatic rings. The summed E-state index contributed by atoms with van der Waals surface area (Å²) in [7, 11) is -4.08. The molecule has 1 saturated carbocycles. The van der Waals surface area contributed by atoms with Crippen molar-refractivity contribution in [2.45, 2.75) is 37.4 Å². The molecule has 1 rings (SSSR count). The van der Waals surface area contributed by atoms with E-state index in [-0.39, 0.29) is 42.4 Å². The normalized spacial score (nSPS) is 26.6. The van der Waals surface area contributed by atoms with Crippen LogP contribution in [-0.4, -0.2) is 67.7 Å². The molecule has 2 unspecified atom stereocenters. The number of carbonyl (C=O) groups excluding carboxylic acids is 1. The quantitative estimate of drug-likeness (QED) is 0.209. The zero-order chi connectivity index (χ0) is 10.8. The van der Waals surface area contributed by atoms with Crippen molar-refractivity contribution >= 4 is 43.6 Å². The molecular formula is C7H15NNaO5P. The monoisotopic (exact) mass is 247 g/mol. The Morgan fingerprint density at radius 1 is 1.33 bits per heavy atom. The number of nitrogens with zero attached hydrogens (tertiary/aromatic N) is 1. The fraction of sp³-hybridized carbons (Fsp3) is 0.857. The van der Waals surface area contributed by atoms with E-state index in [4.69, 9.17) is 15.0 Å². The van der Waals surface area contributed by atoms with Crippen molar-refractivity contribution in [2.24, 2.45) is 0 Å². The Bertz CT molecular complexity index is 258. The molecular weight excluding hydrogens is 232 g/mol. The molecule has 2 atom stereocenters. The van der Waals surface area contributed by atoms with Gasteiger partial charge in [0.25, 0.3) is 0 Å². The Hall–Kier alpha value is 0.580. The summed E-state index contributed by atoms with van der Waals surface area (Å²) in [6.45, 7) is 0.